The van der Waals surface area contributed by atoms with Gasteiger partial charge in [-0.2, -0.15) is 5.10 Å². The van der Waals surface area contributed by atoms with Gasteiger partial charge in [0.2, 0.25) is 0 Å². The molecule has 5 heteroatoms. The highest BCUT2D eigenvalue weighted by Crippen LogP contribution is 2.31. The molecule has 4 nitrogen and oxygen atoms in total. The average Bonchev–Trinajstić information content (AvgIpc) is 3.19. The fourth-order valence-electron chi connectivity index (χ4n) is 2.80. The summed E-state index contributed by atoms with van der Waals surface area (Å²) in [5.41, 5.74) is 3.80. The third-order valence-corrected chi connectivity index (χ3v) is 5.27. The number of carbonyl (C=O) groups excluding carboxylic acids is 1. The highest BCUT2D eigenvalue weighted by atomic mass is 32.1. The van der Waals surface area contributed by atoms with Gasteiger partial charge in [0.1, 0.15) is 4.83 Å². The predicted octanol–water partition coefficient (Wildman–Crippen LogP) is 4.96. The van der Waals surface area contributed by atoms with Gasteiger partial charge in [0.15, 0.2) is 0 Å². The van der Waals surface area contributed by atoms with Crippen molar-refractivity contribution in [2.75, 3.05) is 5.32 Å². The standard InChI is InChI=1S/C20H17N3OS/c1-13-8-6-7-11-17(13)21-19(24)18-12-16-14(2)22-23(20(16)25-18)15-9-4-3-5-10-15/h3-12H,1-2H3,(H,21,24). The van der Waals surface area contributed by atoms with Crippen LogP contribution in [0, 0.1) is 13.8 Å². The van der Waals surface area contributed by atoms with Crippen molar-refractivity contribution in [3.8, 4) is 5.69 Å². The molecule has 0 bridgehead atoms. The van der Waals surface area contributed by atoms with Gasteiger partial charge in [-0.25, -0.2) is 4.68 Å². The van der Waals surface area contributed by atoms with Crippen LogP contribution in [0.1, 0.15) is 20.9 Å². The van der Waals surface area contributed by atoms with Gasteiger partial charge in [0, 0.05) is 11.1 Å². The molecule has 0 aliphatic rings. The first kappa shape index (κ1) is 15.6. The molecular formula is C20H17N3OS. The van der Waals surface area contributed by atoms with E-state index in [4.69, 9.17) is 0 Å². The average molecular weight is 347 g/mol. The molecule has 25 heavy (non-hydrogen) atoms. The maximum Gasteiger partial charge on any atom is 0.265 e. The first-order chi connectivity index (χ1) is 12.1. The summed E-state index contributed by atoms with van der Waals surface area (Å²) in [7, 11) is 0. The van der Waals surface area contributed by atoms with Crippen molar-refractivity contribution in [1.29, 1.82) is 0 Å². The summed E-state index contributed by atoms with van der Waals surface area (Å²) in [6, 6.07) is 19.7. The monoisotopic (exact) mass is 347 g/mol. The molecule has 4 aromatic rings. The number of hydrogen-bond acceptors (Lipinski definition) is 3. The van der Waals surface area contributed by atoms with E-state index >= 15 is 0 Å². The zero-order valence-electron chi connectivity index (χ0n) is 14.0. The minimum Gasteiger partial charge on any atom is -0.321 e. The molecule has 1 amide bonds. The fourth-order valence-corrected chi connectivity index (χ4v) is 3.88. The Labute approximate surface area is 149 Å². The Hall–Kier alpha value is -2.92. The molecule has 0 saturated carbocycles. The van der Waals surface area contributed by atoms with Gasteiger partial charge in [-0.05, 0) is 43.7 Å². The molecule has 0 aliphatic heterocycles. The molecule has 4 rings (SSSR count). The molecule has 2 heterocycles. The van der Waals surface area contributed by atoms with Crippen LogP contribution >= 0.6 is 11.3 Å². The summed E-state index contributed by atoms with van der Waals surface area (Å²) in [4.78, 5) is 14.3. The predicted molar refractivity (Wildman–Crippen MR) is 103 cm³/mol. The first-order valence-corrected chi connectivity index (χ1v) is 8.87. The Morgan fingerprint density at radius 2 is 1.76 bits per heavy atom. The molecule has 0 radical (unpaired) electrons. The lowest BCUT2D eigenvalue weighted by atomic mass is 10.2. The maximum atomic E-state index is 12.7. The minimum absolute atomic E-state index is 0.0884. The molecule has 0 unspecified atom stereocenters. The van der Waals surface area contributed by atoms with Crippen LogP contribution in [0.15, 0.2) is 60.7 Å². The number of rotatable bonds is 3. The van der Waals surface area contributed by atoms with Crippen molar-refractivity contribution >= 4 is 33.1 Å². The van der Waals surface area contributed by atoms with E-state index in [2.05, 4.69) is 10.4 Å². The first-order valence-electron chi connectivity index (χ1n) is 8.05. The summed E-state index contributed by atoms with van der Waals surface area (Å²) in [6.07, 6.45) is 0. The van der Waals surface area contributed by atoms with Crippen LogP contribution in [0.3, 0.4) is 0 Å². The number of nitrogens with zero attached hydrogens (tertiary/aromatic N) is 2. The van der Waals surface area contributed by atoms with Crippen molar-refractivity contribution < 1.29 is 4.79 Å². The van der Waals surface area contributed by atoms with Crippen LogP contribution in [0.5, 0.6) is 0 Å². The number of aryl methyl sites for hydroxylation is 2. The van der Waals surface area contributed by atoms with Crippen molar-refractivity contribution in [2.24, 2.45) is 0 Å². The summed E-state index contributed by atoms with van der Waals surface area (Å²) >= 11 is 1.46. The lowest BCUT2D eigenvalue weighted by Gasteiger charge is -2.06. The van der Waals surface area contributed by atoms with E-state index in [1.54, 1.807) is 0 Å². The Morgan fingerprint density at radius 1 is 1.04 bits per heavy atom. The molecule has 0 saturated heterocycles. The molecular weight excluding hydrogens is 330 g/mol. The van der Waals surface area contributed by atoms with Gasteiger partial charge in [-0.15, -0.1) is 11.3 Å². The topological polar surface area (TPSA) is 46.9 Å². The van der Waals surface area contributed by atoms with Crippen LogP contribution in [0.25, 0.3) is 15.9 Å². The molecule has 0 fully saturated rings. The molecule has 2 aromatic carbocycles. The second-order valence-electron chi connectivity index (χ2n) is 5.93. The Kier molecular flexibility index (Phi) is 3.86. The minimum atomic E-state index is -0.0884. The van der Waals surface area contributed by atoms with Crippen molar-refractivity contribution in [3.05, 3.63) is 76.8 Å². The van der Waals surface area contributed by atoms with E-state index < -0.39 is 0 Å². The SMILES string of the molecule is Cc1ccccc1NC(=O)c1cc2c(C)nn(-c3ccccc3)c2s1. The quantitative estimate of drug-likeness (QED) is 0.569. The van der Waals surface area contributed by atoms with Crippen LogP contribution < -0.4 is 5.32 Å². The summed E-state index contributed by atoms with van der Waals surface area (Å²) in [5.74, 6) is -0.0884. The number of thiophene rings is 1. The van der Waals surface area contributed by atoms with Crippen molar-refractivity contribution in [2.45, 2.75) is 13.8 Å². The van der Waals surface area contributed by atoms with Gasteiger partial charge in [-0.1, -0.05) is 36.4 Å². The second kappa shape index (κ2) is 6.18. The normalized spacial score (nSPS) is 11.0. The van der Waals surface area contributed by atoms with Gasteiger partial charge in [0.25, 0.3) is 5.91 Å². The van der Waals surface area contributed by atoms with Gasteiger partial charge < -0.3 is 5.32 Å². The second-order valence-corrected chi connectivity index (χ2v) is 6.96. The number of anilines is 1. The number of hydrogen-bond donors (Lipinski definition) is 1. The zero-order chi connectivity index (χ0) is 17.4. The lowest BCUT2D eigenvalue weighted by molar-refractivity contribution is 0.103. The van der Waals surface area contributed by atoms with E-state index in [1.165, 1.54) is 11.3 Å². The summed E-state index contributed by atoms with van der Waals surface area (Å²) < 4.78 is 1.90. The lowest BCUT2D eigenvalue weighted by Crippen LogP contribution is -2.11. The van der Waals surface area contributed by atoms with E-state index in [0.717, 1.165) is 32.8 Å². The van der Waals surface area contributed by atoms with Crippen molar-refractivity contribution in [3.63, 3.8) is 0 Å². The van der Waals surface area contributed by atoms with Gasteiger partial charge >= 0.3 is 0 Å². The number of fused-ring (bicyclic) bond motifs is 1. The summed E-state index contributed by atoms with van der Waals surface area (Å²) in [5, 5.41) is 8.63. The highest BCUT2D eigenvalue weighted by molar-refractivity contribution is 7.20. The van der Waals surface area contributed by atoms with E-state index in [9.17, 15) is 4.79 Å². The van der Waals surface area contributed by atoms with Gasteiger partial charge in [-0.3, -0.25) is 4.79 Å². The maximum absolute atomic E-state index is 12.7. The highest BCUT2D eigenvalue weighted by Gasteiger charge is 2.17. The number of carbonyl (C=O) groups is 1. The summed E-state index contributed by atoms with van der Waals surface area (Å²) in [6.45, 7) is 3.95. The third-order valence-electron chi connectivity index (χ3n) is 4.16. The Balaban J connectivity index is 1.72. The molecule has 2 aromatic heterocycles. The van der Waals surface area contributed by atoms with Crippen LogP contribution in [0.2, 0.25) is 0 Å². The molecule has 0 spiro atoms. The number of benzene rings is 2. The van der Waals surface area contributed by atoms with E-state index in [-0.39, 0.29) is 5.91 Å². The van der Waals surface area contributed by atoms with Crippen LogP contribution in [-0.2, 0) is 0 Å². The molecule has 0 atom stereocenters. The molecule has 124 valence electrons. The Morgan fingerprint density at radius 3 is 2.52 bits per heavy atom. The number of para-hydroxylation sites is 2. The van der Waals surface area contributed by atoms with Crippen LogP contribution in [0.4, 0.5) is 5.69 Å². The fraction of sp³-hybridized carbons (Fsp3) is 0.100. The largest absolute Gasteiger partial charge is 0.321 e. The number of nitrogens with one attached hydrogen (secondary N) is 1. The number of amides is 1. The third kappa shape index (κ3) is 2.83. The number of aromatic nitrogens is 2. The Bertz CT molecular complexity index is 1060. The van der Waals surface area contributed by atoms with Crippen molar-refractivity contribution in [1.82, 2.24) is 9.78 Å². The molecule has 0 aliphatic carbocycles. The molecule has 1 N–H and O–H groups in total. The zero-order valence-corrected chi connectivity index (χ0v) is 14.8. The van der Waals surface area contributed by atoms with E-state index in [1.807, 2.05) is 79.2 Å². The van der Waals surface area contributed by atoms with E-state index in [0.29, 0.717) is 4.88 Å². The smallest absolute Gasteiger partial charge is 0.265 e. The van der Waals surface area contributed by atoms with Crippen LogP contribution in [-0.4, -0.2) is 15.7 Å². The van der Waals surface area contributed by atoms with Gasteiger partial charge in [0.05, 0.1) is 16.3 Å².